The van der Waals surface area contributed by atoms with Gasteiger partial charge in [0, 0.05) is 0 Å². The van der Waals surface area contributed by atoms with Gasteiger partial charge in [0.1, 0.15) is 11.7 Å². The molecule has 0 radical (unpaired) electrons. The standard InChI is InChI=1S/C11H12O3.C2H6/c1-8(12)10(11(13)14)7-9-5-3-2-4-6-9;1-2/h2-6,10H,7H2,1H3,(H,13,14);1-2H3. The summed E-state index contributed by atoms with van der Waals surface area (Å²) in [4.78, 5) is 21.7. The summed E-state index contributed by atoms with van der Waals surface area (Å²) in [7, 11) is 0. The predicted octanol–water partition coefficient (Wildman–Crippen LogP) is 2.55. The molecule has 3 heteroatoms. The van der Waals surface area contributed by atoms with Crippen LogP contribution in [0.5, 0.6) is 0 Å². The Labute approximate surface area is 96.1 Å². The van der Waals surface area contributed by atoms with Crippen molar-refractivity contribution in [3.63, 3.8) is 0 Å². The van der Waals surface area contributed by atoms with Crippen LogP contribution in [0.4, 0.5) is 0 Å². The zero-order valence-electron chi connectivity index (χ0n) is 9.93. The summed E-state index contributed by atoms with van der Waals surface area (Å²) in [6, 6.07) is 9.15. The molecular weight excluding hydrogens is 204 g/mol. The zero-order valence-corrected chi connectivity index (χ0v) is 9.93. The molecule has 0 fully saturated rings. The van der Waals surface area contributed by atoms with E-state index in [2.05, 4.69) is 0 Å². The van der Waals surface area contributed by atoms with Crippen LogP contribution in [-0.2, 0) is 16.0 Å². The van der Waals surface area contributed by atoms with E-state index in [1.54, 1.807) is 0 Å². The number of rotatable bonds is 4. The molecule has 1 aromatic carbocycles. The summed E-state index contributed by atoms with van der Waals surface area (Å²) in [5.41, 5.74) is 0.870. The minimum absolute atomic E-state index is 0.269. The maximum Gasteiger partial charge on any atom is 0.314 e. The van der Waals surface area contributed by atoms with Crippen molar-refractivity contribution in [2.45, 2.75) is 27.2 Å². The van der Waals surface area contributed by atoms with E-state index in [4.69, 9.17) is 5.11 Å². The molecule has 0 aliphatic rings. The van der Waals surface area contributed by atoms with Crippen LogP contribution >= 0.6 is 0 Å². The molecule has 0 saturated heterocycles. The third kappa shape index (κ3) is 4.73. The number of carbonyl (C=O) groups is 2. The monoisotopic (exact) mass is 222 g/mol. The van der Waals surface area contributed by atoms with Gasteiger partial charge in [0.05, 0.1) is 0 Å². The lowest BCUT2D eigenvalue weighted by Gasteiger charge is -2.07. The highest BCUT2D eigenvalue weighted by molar-refractivity contribution is 5.97. The van der Waals surface area contributed by atoms with Crippen LogP contribution in [-0.4, -0.2) is 16.9 Å². The Bertz CT molecular complexity index is 316. The first kappa shape index (κ1) is 14.4. The fourth-order valence-corrected chi connectivity index (χ4v) is 1.25. The highest BCUT2D eigenvalue weighted by atomic mass is 16.4. The maximum absolute atomic E-state index is 11.0. The van der Waals surface area contributed by atoms with Gasteiger partial charge >= 0.3 is 5.97 Å². The number of carboxylic acid groups (broad SMARTS) is 1. The largest absolute Gasteiger partial charge is 0.481 e. The molecule has 0 aromatic heterocycles. The lowest BCUT2D eigenvalue weighted by molar-refractivity contribution is -0.145. The Hall–Kier alpha value is -1.64. The highest BCUT2D eigenvalue weighted by Crippen LogP contribution is 2.09. The molecule has 0 saturated carbocycles. The van der Waals surface area contributed by atoms with E-state index in [1.165, 1.54) is 6.92 Å². The van der Waals surface area contributed by atoms with E-state index in [1.807, 2.05) is 44.2 Å². The number of carboxylic acids is 1. The van der Waals surface area contributed by atoms with E-state index in [9.17, 15) is 9.59 Å². The van der Waals surface area contributed by atoms with Crippen LogP contribution in [0, 0.1) is 5.92 Å². The third-order valence-electron chi connectivity index (χ3n) is 2.07. The predicted molar refractivity (Wildman–Crippen MR) is 63.3 cm³/mol. The Balaban J connectivity index is 0.00000106. The van der Waals surface area contributed by atoms with Crippen LogP contribution < -0.4 is 0 Å². The number of benzene rings is 1. The summed E-state index contributed by atoms with van der Waals surface area (Å²) < 4.78 is 0. The van der Waals surface area contributed by atoms with Gasteiger partial charge in [-0.2, -0.15) is 0 Å². The summed E-state index contributed by atoms with van der Waals surface area (Å²) in [5, 5.41) is 8.78. The van der Waals surface area contributed by atoms with Crippen molar-refractivity contribution in [3.8, 4) is 0 Å². The molecule has 1 atom stereocenters. The van der Waals surface area contributed by atoms with Crippen LogP contribution in [0.25, 0.3) is 0 Å². The van der Waals surface area contributed by atoms with Gasteiger partial charge in [-0.15, -0.1) is 0 Å². The maximum atomic E-state index is 11.0. The number of hydrogen-bond donors (Lipinski definition) is 1. The summed E-state index contributed by atoms with van der Waals surface area (Å²) in [6.45, 7) is 5.31. The summed E-state index contributed by atoms with van der Waals surface area (Å²) >= 11 is 0. The number of Topliss-reactive ketones (excluding diaryl/α,β-unsaturated/α-hetero) is 1. The second-order valence-corrected chi connectivity index (χ2v) is 3.19. The van der Waals surface area contributed by atoms with Gasteiger partial charge in [0.2, 0.25) is 0 Å². The number of carbonyl (C=O) groups excluding carboxylic acids is 1. The van der Waals surface area contributed by atoms with Gasteiger partial charge in [0.15, 0.2) is 0 Å². The molecule has 1 rings (SSSR count). The van der Waals surface area contributed by atoms with Crippen molar-refractivity contribution >= 4 is 11.8 Å². The summed E-state index contributed by atoms with van der Waals surface area (Å²) in [6.07, 6.45) is 0.269. The molecule has 0 bridgehead atoms. The van der Waals surface area contributed by atoms with E-state index in [0.29, 0.717) is 0 Å². The van der Waals surface area contributed by atoms with Crippen LogP contribution in [0.3, 0.4) is 0 Å². The molecule has 0 heterocycles. The third-order valence-corrected chi connectivity index (χ3v) is 2.07. The smallest absolute Gasteiger partial charge is 0.314 e. The molecule has 0 aliphatic heterocycles. The van der Waals surface area contributed by atoms with Crippen LogP contribution in [0.1, 0.15) is 26.3 Å². The first-order valence-corrected chi connectivity index (χ1v) is 5.38. The van der Waals surface area contributed by atoms with E-state index in [-0.39, 0.29) is 12.2 Å². The lowest BCUT2D eigenvalue weighted by atomic mass is 9.96. The Kier molecular flexibility index (Phi) is 6.84. The highest BCUT2D eigenvalue weighted by Gasteiger charge is 2.22. The van der Waals surface area contributed by atoms with Crippen molar-refractivity contribution in [1.82, 2.24) is 0 Å². The number of hydrogen-bond acceptors (Lipinski definition) is 2. The fraction of sp³-hybridized carbons (Fsp3) is 0.385. The van der Waals surface area contributed by atoms with Crippen molar-refractivity contribution in [3.05, 3.63) is 35.9 Å². The molecule has 0 spiro atoms. The molecular formula is C13H18O3. The van der Waals surface area contributed by atoms with E-state index in [0.717, 1.165) is 5.56 Å². The molecule has 1 unspecified atom stereocenters. The average Bonchev–Trinajstić information content (AvgIpc) is 2.29. The second-order valence-electron chi connectivity index (χ2n) is 3.19. The van der Waals surface area contributed by atoms with Crippen molar-refractivity contribution in [2.75, 3.05) is 0 Å². The van der Waals surface area contributed by atoms with Gasteiger partial charge in [-0.3, -0.25) is 9.59 Å². The van der Waals surface area contributed by atoms with Gasteiger partial charge < -0.3 is 5.11 Å². The normalized spacial score (nSPS) is 10.9. The quantitative estimate of drug-likeness (QED) is 0.796. The Morgan fingerprint density at radius 2 is 1.69 bits per heavy atom. The second kappa shape index (κ2) is 7.63. The topological polar surface area (TPSA) is 54.4 Å². The molecule has 0 amide bonds. The van der Waals surface area contributed by atoms with Gasteiger partial charge in [-0.1, -0.05) is 44.2 Å². The minimum Gasteiger partial charge on any atom is -0.481 e. The Morgan fingerprint density at radius 3 is 2.06 bits per heavy atom. The summed E-state index contributed by atoms with van der Waals surface area (Å²) in [5.74, 6) is -2.28. The minimum atomic E-state index is -1.05. The molecule has 1 aromatic rings. The number of aliphatic carboxylic acids is 1. The first-order valence-electron chi connectivity index (χ1n) is 5.38. The van der Waals surface area contributed by atoms with Crippen LogP contribution in [0.2, 0.25) is 0 Å². The van der Waals surface area contributed by atoms with E-state index < -0.39 is 11.9 Å². The van der Waals surface area contributed by atoms with Crippen molar-refractivity contribution < 1.29 is 14.7 Å². The lowest BCUT2D eigenvalue weighted by Crippen LogP contribution is -2.23. The van der Waals surface area contributed by atoms with E-state index >= 15 is 0 Å². The van der Waals surface area contributed by atoms with Crippen LogP contribution in [0.15, 0.2) is 30.3 Å². The zero-order chi connectivity index (χ0) is 12.6. The fourth-order valence-electron chi connectivity index (χ4n) is 1.25. The molecule has 88 valence electrons. The van der Waals surface area contributed by atoms with Crippen molar-refractivity contribution in [1.29, 1.82) is 0 Å². The van der Waals surface area contributed by atoms with Crippen molar-refractivity contribution in [2.24, 2.45) is 5.92 Å². The van der Waals surface area contributed by atoms with Gasteiger partial charge in [-0.05, 0) is 18.9 Å². The van der Waals surface area contributed by atoms with Gasteiger partial charge in [-0.25, -0.2) is 0 Å². The first-order chi connectivity index (χ1) is 7.61. The molecule has 16 heavy (non-hydrogen) atoms. The molecule has 3 nitrogen and oxygen atoms in total. The molecule has 0 aliphatic carbocycles. The SMILES string of the molecule is CC.CC(=O)C(Cc1ccccc1)C(=O)O. The number of ketones is 1. The van der Waals surface area contributed by atoms with Gasteiger partial charge in [0.25, 0.3) is 0 Å². The average molecular weight is 222 g/mol. The Morgan fingerprint density at radius 1 is 1.19 bits per heavy atom. The molecule has 1 N–H and O–H groups in total.